The molecule has 0 aromatic heterocycles. The number of benzene rings is 1. The van der Waals surface area contributed by atoms with Crippen LogP contribution in [0.3, 0.4) is 0 Å². The van der Waals surface area contributed by atoms with Gasteiger partial charge in [-0.2, -0.15) is 0 Å². The number of hydrogen-bond donors (Lipinski definition) is 1. The molecule has 86 valence electrons. The molecule has 0 heterocycles. The minimum absolute atomic E-state index is 0.0183. The van der Waals surface area contributed by atoms with Crippen LogP contribution >= 0.6 is 38.5 Å². The van der Waals surface area contributed by atoms with Crippen molar-refractivity contribution < 1.29 is 4.79 Å². The lowest BCUT2D eigenvalue weighted by Gasteiger charge is -2.13. The van der Waals surface area contributed by atoms with E-state index in [4.69, 9.17) is 0 Å². The van der Waals surface area contributed by atoms with E-state index >= 15 is 0 Å². The molecule has 0 bridgehead atoms. The Balaban J connectivity index is 2.10. The van der Waals surface area contributed by atoms with E-state index in [1.807, 2.05) is 18.2 Å². The molecule has 2 nitrogen and oxygen atoms in total. The van der Waals surface area contributed by atoms with Crippen LogP contribution in [0, 0.1) is 9.49 Å². The van der Waals surface area contributed by atoms with Crippen molar-refractivity contribution in [2.75, 3.05) is 0 Å². The van der Waals surface area contributed by atoms with Crippen LogP contribution < -0.4 is 5.32 Å². The van der Waals surface area contributed by atoms with Gasteiger partial charge in [0.05, 0.1) is 5.56 Å². The Labute approximate surface area is 117 Å². The molecule has 1 N–H and O–H groups in total. The second-order valence-corrected chi connectivity index (χ2v) is 6.32. The fourth-order valence-corrected chi connectivity index (χ4v) is 2.59. The van der Waals surface area contributed by atoms with Gasteiger partial charge in [-0.15, -0.1) is 0 Å². The third kappa shape index (κ3) is 2.97. The zero-order valence-electron chi connectivity index (χ0n) is 8.97. The molecular formula is C12H13BrINO. The minimum atomic E-state index is 0.0183. The monoisotopic (exact) mass is 393 g/mol. The summed E-state index contributed by atoms with van der Waals surface area (Å²) in [4.78, 5) is 12.0. The first-order valence-electron chi connectivity index (χ1n) is 5.34. The van der Waals surface area contributed by atoms with Crippen LogP contribution in [0.15, 0.2) is 22.7 Å². The Hall–Kier alpha value is -0.100. The summed E-state index contributed by atoms with van der Waals surface area (Å²) in [5.41, 5.74) is 0.722. The zero-order valence-corrected chi connectivity index (χ0v) is 12.7. The van der Waals surface area contributed by atoms with E-state index in [2.05, 4.69) is 50.8 Å². The first kappa shape index (κ1) is 12.4. The van der Waals surface area contributed by atoms with Gasteiger partial charge in [-0.3, -0.25) is 4.79 Å². The SMILES string of the molecule is C[C@H](NC(=O)c1cc(I)ccc1Br)C1CC1. The summed E-state index contributed by atoms with van der Waals surface area (Å²) in [7, 11) is 0. The average molecular weight is 394 g/mol. The predicted octanol–water partition coefficient (Wildman–Crippen LogP) is 3.58. The van der Waals surface area contributed by atoms with Crippen molar-refractivity contribution in [2.24, 2.45) is 5.92 Å². The van der Waals surface area contributed by atoms with Crippen molar-refractivity contribution in [3.63, 3.8) is 0 Å². The van der Waals surface area contributed by atoms with Crippen LogP contribution in [-0.4, -0.2) is 11.9 Å². The number of rotatable bonds is 3. The summed E-state index contributed by atoms with van der Waals surface area (Å²) in [5.74, 6) is 0.704. The van der Waals surface area contributed by atoms with Crippen LogP contribution in [-0.2, 0) is 0 Å². The van der Waals surface area contributed by atoms with Gasteiger partial charge in [0.2, 0.25) is 0 Å². The normalized spacial score (nSPS) is 16.9. The molecule has 1 fully saturated rings. The van der Waals surface area contributed by atoms with Crippen molar-refractivity contribution in [1.29, 1.82) is 0 Å². The average Bonchev–Trinajstić information content (AvgIpc) is 3.04. The summed E-state index contributed by atoms with van der Waals surface area (Å²) < 4.78 is 1.93. The second kappa shape index (κ2) is 5.04. The Kier molecular flexibility index (Phi) is 3.89. The smallest absolute Gasteiger partial charge is 0.252 e. The van der Waals surface area contributed by atoms with Gasteiger partial charge in [-0.05, 0) is 82.4 Å². The fourth-order valence-electron chi connectivity index (χ4n) is 1.67. The Morgan fingerprint density at radius 2 is 2.25 bits per heavy atom. The molecule has 1 aliphatic rings. The lowest BCUT2D eigenvalue weighted by molar-refractivity contribution is 0.0935. The maximum Gasteiger partial charge on any atom is 0.252 e. The van der Waals surface area contributed by atoms with E-state index in [1.165, 1.54) is 12.8 Å². The standard InChI is InChI=1S/C12H13BrINO/c1-7(8-2-3-8)15-12(16)10-6-9(14)4-5-11(10)13/h4-8H,2-3H2,1H3,(H,15,16)/t7-/m0/s1. The van der Waals surface area contributed by atoms with Crippen LogP contribution in [0.5, 0.6) is 0 Å². The molecule has 1 atom stereocenters. The van der Waals surface area contributed by atoms with Gasteiger partial charge in [0.25, 0.3) is 5.91 Å². The highest BCUT2D eigenvalue weighted by atomic mass is 127. The molecule has 0 unspecified atom stereocenters. The highest BCUT2D eigenvalue weighted by Crippen LogP contribution is 2.32. The molecule has 0 saturated heterocycles. The molecule has 0 radical (unpaired) electrons. The van der Waals surface area contributed by atoms with Crippen LogP contribution in [0.2, 0.25) is 0 Å². The number of amides is 1. The number of nitrogens with one attached hydrogen (secondary N) is 1. The summed E-state index contributed by atoms with van der Waals surface area (Å²) in [6.45, 7) is 2.08. The Morgan fingerprint density at radius 3 is 2.88 bits per heavy atom. The summed E-state index contributed by atoms with van der Waals surface area (Å²) in [6.07, 6.45) is 2.49. The van der Waals surface area contributed by atoms with Gasteiger partial charge in [0.1, 0.15) is 0 Å². The molecule has 16 heavy (non-hydrogen) atoms. The van der Waals surface area contributed by atoms with Gasteiger partial charge < -0.3 is 5.32 Å². The van der Waals surface area contributed by atoms with E-state index in [0.29, 0.717) is 5.92 Å². The van der Waals surface area contributed by atoms with Crippen molar-refractivity contribution in [3.05, 3.63) is 31.8 Å². The molecule has 1 saturated carbocycles. The topological polar surface area (TPSA) is 29.1 Å². The summed E-state index contributed by atoms with van der Waals surface area (Å²) in [5, 5.41) is 3.05. The van der Waals surface area contributed by atoms with Crippen LogP contribution in [0.25, 0.3) is 0 Å². The summed E-state index contributed by atoms with van der Waals surface area (Å²) >= 11 is 5.62. The molecule has 1 amide bonds. The number of halogens is 2. The minimum Gasteiger partial charge on any atom is -0.349 e. The predicted molar refractivity (Wildman–Crippen MR) is 76.5 cm³/mol. The van der Waals surface area contributed by atoms with Crippen molar-refractivity contribution in [3.8, 4) is 0 Å². The van der Waals surface area contributed by atoms with E-state index in [0.717, 1.165) is 13.6 Å². The number of carbonyl (C=O) groups excluding carboxylic acids is 1. The van der Waals surface area contributed by atoms with Gasteiger partial charge in [-0.25, -0.2) is 0 Å². The highest BCUT2D eigenvalue weighted by Gasteiger charge is 2.29. The van der Waals surface area contributed by atoms with E-state index in [9.17, 15) is 4.79 Å². The third-order valence-electron chi connectivity index (χ3n) is 2.86. The Morgan fingerprint density at radius 1 is 1.56 bits per heavy atom. The number of hydrogen-bond acceptors (Lipinski definition) is 1. The third-order valence-corrected chi connectivity index (χ3v) is 4.22. The van der Waals surface area contributed by atoms with E-state index in [1.54, 1.807) is 0 Å². The molecule has 0 spiro atoms. The molecule has 0 aliphatic heterocycles. The van der Waals surface area contributed by atoms with Gasteiger partial charge in [0.15, 0.2) is 0 Å². The van der Waals surface area contributed by atoms with Gasteiger partial charge >= 0.3 is 0 Å². The van der Waals surface area contributed by atoms with Crippen molar-refractivity contribution >= 4 is 44.4 Å². The maximum absolute atomic E-state index is 12.0. The first-order chi connectivity index (χ1) is 7.58. The molecular weight excluding hydrogens is 381 g/mol. The largest absolute Gasteiger partial charge is 0.349 e. The molecule has 2 rings (SSSR count). The lowest BCUT2D eigenvalue weighted by atomic mass is 10.1. The number of carbonyl (C=O) groups is 1. The molecule has 1 aliphatic carbocycles. The molecule has 1 aromatic rings. The van der Waals surface area contributed by atoms with Gasteiger partial charge in [0, 0.05) is 14.1 Å². The van der Waals surface area contributed by atoms with Crippen molar-refractivity contribution in [2.45, 2.75) is 25.8 Å². The van der Waals surface area contributed by atoms with Crippen LogP contribution in [0.1, 0.15) is 30.1 Å². The quantitative estimate of drug-likeness (QED) is 0.781. The molecule has 4 heteroatoms. The highest BCUT2D eigenvalue weighted by molar-refractivity contribution is 14.1. The summed E-state index contributed by atoms with van der Waals surface area (Å²) in [6, 6.07) is 6.08. The van der Waals surface area contributed by atoms with E-state index < -0.39 is 0 Å². The second-order valence-electron chi connectivity index (χ2n) is 4.22. The maximum atomic E-state index is 12.0. The van der Waals surface area contributed by atoms with E-state index in [-0.39, 0.29) is 11.9 Å². The zero-order chi connectivity index (χ0) is 11.7. The van der Waals surface area contributed by atoms with Crippen molar-refractivity contribution in [1.82, 2.24) is 5.32 Å². The van der Waals surface area contributed by atoms with Gasteiger partial charge in [-0.1, -0.05) is 0 Å². The van der Waals surface area contributed by atoms with Crippen LogP contribution in [0.4, 0.5) is 0 Å². The fraction of sp³-hybridized carbons (Fsp3) is 0.417. The lowest BCUT2D eigenvalue weighted by Crippen LogP contribution is -2.34. The molecule has 1 aromatic carbocycles. The Bertz CT molecular complexity index is 417. The first-order valence-corrected chi connectivity index (χ1v) is 7.21.